The number of benzene rings is 1. The summed E-state index contributed by atoms with van der Waals surface area (Å²) in [4.78, 5) is 19.0. The van der Waals surface area contributed by atoms with Gasteiger partial charge in [-0.15, -0.1) is 0 Å². The first kappa shape index (κ1) is 21.4. The Morgan fingerprint density at radius 2 is 2.06 bits per heavy atom. The summed E-state index contributed by atoms with van der Waals surface area (Å²) < 4.78 is 18.9. The maximum atomic E-state index is 13.2. The van der Waals surface area contributed by atoms with E-state index in [1.165, 1.54) is 12.1 Å². The van der Waals surface area contributed by atoms with E-state index in [-0.39, 0.29) is 41.2 Å². The molecule has 1 amide bonds. The van der Waals surface area contributed by atoms with Crippen molar-refractivity contribution in [1.82, 2.24) is 20.4 Å². The van der Waals surface area contributed by atoms with Crippen LogP contribution in [0.5, 0.6) is 0 Å². The number of hydrogen-bond donors (Lipinski definition) is 1. The fourth-order valence-electron chi connectivity index (χ4n) is 4.92. The third-order valence-electron chi connectivity index (χ3n) is 7.45. The van der Waals surface area contributed by atoms with E-state index in [1.807, 2.05) is 0 Å². The van der Waals surface area contributed by atoms with Crippen molar-refractivity contribution in [3.8, 4) is 17.5 Å². The van der Waals surface area contributed by atoms with Crippen molar-refractivity contribution in [2.24, 2.45) is 5.41 Å². The quantitative estimate of drug-likeness (QED) is 0.789. The van der Waals surface area contributed by atoms with E-state index in [0.717, 1.165) is 25.7 Å². The van der Waals surface area contributed by atoms with Crippen molar-refractivity contribution in [2.45, 2.75) is 64.0 Å². The molecule has 2 heterocycles. The van der Waals surface area contributed by atoms with E-state index in [4.69, 9.17) is 4.52 Å². The van der Waals surface area contributed by atoms with Crippen LogP contribution >= 0.6 is 0 Å². The number of hydrogen-bond acceptors (Lipinski definition) is 6. The Bertz CT molecular complexity index is 996. The highest BCUT2D eigenvalue weighted by molar-refractivity contribution is 5.79. The Hall–Kier alpha value is -2.79. The highest BCUT2D eigenvalue weighted by Crippen LogP contribution is 2.53. The van der Waals surface area contributed by atoms with Gasteiger partial charge in [0.15, 0.2) is 0 Å². The summed E-state index contributed by atoms with van der Waals surface area (Å²) in [6, 6.07) is 8.02. The minimum absolute atomic E-state index is 0.0233. The molecule has 4 rings (SSSR count). The Morgan fingerprint density at radius 1 is 1.32 bits per heavy atom. The zero-order valence-corrected chi connectivity index (χ0v) is 18.2. The first-order chi connectivity index (χ1) is 14.8. The molecule has 2 fully saturated rings. The summed E-state index contributed by atoms with van der Waals surface area (Å²) >= 11 is 0. The lowest BCUT2D eigenvalue weighted by atomic mass is 9.67. The average molecular weight is 426 g/mol. The molecule has 164 valence electrons. The predicted octanol–water partition coefficient (Wildman–Crippen LogP) is 3.43. The predicted molar refractivity (Wildman–Crippen MR) is 112 cm³/mol. The number of nitrogens with one attached hydrogen (secondary N) is 1. The molecule has 0 radical (unpaired) electrons. The van der Waals surface area contributed by atoms with Crippen molar-refractivity contribution >= 4 is 5.91 Å². The van der Waals surface area contributed by atoms with Gasteiger partial charge >= 0.3 is 0 Å². The van der Waals surface area contributed by atoms with Crippen molar-refractivity contribution in [3.05, 3.63) is 36.0 Å². The van der Waals surface area contributed by atoms with Crippen LogP contribution in [0.15, 0.2) is 28.8 Å². The number of carbonyl (C=O) groups is 1. The minimum Gasteiger partial charge on any atom is -0.338 e. The fourth-order valence-corrected chi connectivity index (χ4v) is 4.92. The normalized spacial score (nSPS) is 27.4. The lowest BCUT2D eigenvalue weighted by Gasteiger charge is -2.39. The number of carbonyl (C=O) groups excluding carboxylic acids is 1. The van der Waals surface area contributed by atoms with Crippen LogP contribution in [0.1, 0.15) is 52.3 Å². The van der Waals surface area contributed by atoms with Gasteiger partial charge in [-0.2, -0.15) is 10.2 Å². The lowest BCUT2D eigenvalue weighted by Crippen LogP contribution is -2.50. The average Bonchev–Trinajstić information content (AvgIpc) is 3.47. The van der Waals surface area contributed by atoms with Gasteiger partial charge in [0.1, 0.15) is 11.9 Å². The van der Waals surface area contributed by atoms with Gasteiger partial charge in [-0.25, -0.2) is 4.39 Å². The molecule has 1 aromatic heterocycles. The molecule has 2 aromatic rings. The Morgan fingerprint density at radius 3 is 2.77 bits per heavy atom. The van der Waals surface area contributed by atoms with Gasteiger partial charge in [-0.1, -0.05) is 25.9 Å². The molecular formula is C23H28FN5O2. The zero-order chi connectivity index (χ0) is 22.2. The topological polar surface area (TPSA) is 95.1 Å². The monoisotopic (exact) mass is 425 g/mol. The number of nitriles is 1. The molecule has 1 N–H and O–H groups in total. The minimum atomic E-state index is -0.373. The number of rotatable bonds is 5. The summed E-state index contributed by atoms with van der Waals surface area (Å²) in [6.45, 7) is 7.28. The van der Waals surface area contributed by atoms with Crippen LogP contribution in [0.2, 0.25) is 0 Å². The number of nitrogens with zero attached hydrogens (tertiary/aromatic N) is 4. The molecule has 1 saturated carbocycles. The van der Waals surface area contributed by atoms with Crippen LogP contribution in [0.25, 0.3) is 11.4 Å². The highest BCUT2D eigenvalue weighted by atomic mass is 19.1. The molecule has 1 aliphatic heterocycles. The third kappa shape index (κ3) is 3.72. The molecule has 7 nitrogen and oxygen atoms in total. The van der Waals surface area contributed by atoms with Gasteiger partial charge in [0, 0.05) is 18.2 Å². The second-order valence-electron chi connectivity index (χ2n) is 9.33. The lowest BCUT2D eigenvalue weighted by molar-refractivity contribution is -0.130. The van der Waals surface area contributed by atoms with Crippen molar-refractivity contribution in [1.29, 1.82) is 5.26 Å². The van der Waals surface area contributed by atoms with E-state index in [9.17, 15) is 14.4 Å². The van der Waals surface area contributed by atoms with Crippen LogP contribution in [0, 0.1) is 22.6 Å². The summed E-state index contributed by atoms with van der Waals surface area (Å²) in [5.74, 6) is 0.659. The van der Waals surface area contributed by atoms with E-state index >= 15 is 0 Å². The van der Waals surface area contributed by atoms with Gasteiger partial charge in [0.05, 0.1) is 18.0 Å². The van der Waals surface area contributed by atoms with E-state index < -0.39 is 0 Å². The van der Waals surface area contributed by atoms with E-state index in [1.54, 1.807) is 17.0 Å². The Labute approximate surface area is 181 Å². The molecular weight excluding hydrogens is 397 g/mol. The number of amides is 1. The van der Waals surface area contributed by atoms with Gasteiger partial charge in [0.25, 0.3) is 0 Å². The van der Waals surface area contributed by atoms with E-state index in [0.29, 0.717) is 23.8 Å². The first-order valence-corrected chi connectivity index (χ1v) is 10.8. The molecule has 1 saturated heterocycles. The van der Waals surface area contributed by atoms with Crippen LogP contribution in [-0.4, -0.2) is 46.1 Å². The van der Waals surface area contributed by atoms with E-state index in [2.05, 4.69) is 42.3 Å². The molecule has 8 heteroatoms. The van der Waals surface area contributed by atoms with Crippen LogP contribution in [0.3, 0.4) is 0 Å². The maximum Gasteiger partial charge on any atom is 0.237 e. The Balaban J connectivity index is 1.46. The molecule has 31 heavy (non-hydrogen) atoms. The van der Waals surface area contributed by atoms with Crippen molar-refractivity contribution in [2.75, 3.05) is 13.1 Å². The SMILES string of the molecule is CC1(C)[C@@H](NCC(=O)N2CCCC2C#N)CC[C@@]1(C)c1nc(-c2ccc(F)cc2)no1. The second-order valence-corrected chi connectivity index (χ2v) is 9.33. The largest absolute Gasteiger partial charge is 0.338 e. The molecule has 0 bridgehead atoms. The molecule has 1 aromatic carbocycles. The summed E-state index contributed by atoms with van der Waals surface area (Å²) in [6.07, 6.45) is 3.33. The smallest absolute Gasteiger partial charge is 0.237 e. The van der Waals surface area contributed by atoms with Crippen molar-refractivity contribution in [3.63, 3.8) is 0 Å². The zero-order valence-electron chi connectivity index (χ0n) is 18.2. The standard InChI is InChI=1S/C23H28FN5O2/c1-22(2)18(26-14-19(30)29-12-4-5-17(29)13-25)10-11-23(22,3)21-27-20(28-31-21)15-6-8-16(24)9-7-15/h6-9,17-18,26H,4-5,10-12,14H2,1-3H3/t17?,18-,23-/m0/s1. The molecule has 0 spiro atoms. The summed E-state index contributed by atoms with van der Waals surface area (Å²) in [7, 11) is 0. The maximum absolute atomic E-state index is 13.2. The number of likely N-dealkylation sites (tertiary alicyclic amines) is 1. The van der Waals surface area contributed by atoms with Crippen LogP contribution in [0.4, 0.5) is 4.39 Å². The van der Waals surface area contributed by atoms with Gasteiger partial charge in [-0.05, 0) is 55.4 Å². The summed E-state index contributed by atoms with van der Waals surface area (Å²) in [5.41, 5.74) is 0.0789. The molecule has 1 unspecified atom stereocenters. The Kier molecular flexibility index (Phi) is 5.56. The summed E-state index contributed by atoms with van der Waals surface area (Å²) in [5, 5.41) is 16.8. The van der Waals surface area contributed by atoms with Gasteiger partial charge in [-0.3, -0.25) is 4.79 Å². The van der Waals surface area contributed by atoms with Gasteiger partial charge in [0.2, 0.25) is 17.6 Å². The molecule has 2 aliphatic rings. The highest BCUT2D eigenvalue weighted by Gasteiger charge is 2.55. The molecule has 1 aliphatic carbocycles. The number of aromatic nitrogens is 2. The second kappa shape index (κ2) is 8.04. The third-order valence-corrected chi connectivity index (χ3v) is 7.45. The van der Waals surface area contributed by atoms with Crippen LogP contribution < -0.4 is 5.32 Å². The van der Waals surface area contributed by atoms with Gasteiger partial charge < -0.3 is 14.7 Å². The number of halogens is 1. The van der Waals surface area contributed by atoms with Crippen LogP contribution in [-0.2, 0) is 10.2 Å². The first-order valence-electron chi connectivity index (χ1n) is 10.8. The fraction of sp³-hybridized carbons (Fsp3) is 0.565. The molecule has 3 atom stereocenters. The van der Waals surface area contributed by atoms with Crippen molar-refractivity contribution < 1.29 is 13.7 Å².